The van der Waals surface area contributed by atoms with Crippen molar-refractivity contribution in [3.8, 4) is 22.9 Å². The zero-order valence-corrected chi connectivity index (χ0v) is 23.9. The average Bonchev–Trinajstić information content (AvgIpc) is 3.38. The molecule has 41 heavy (non-hydrogen) atoms. The fourth-order valence-corrected chi connectivity index (χ4v) is 6.35. The Morgan fingerprint density at radius 1 is 1.00 bits per heavy atom. The van der Waals surface area contributed by atoms with Gasteiger partial charge in [0.15, 0.2) is 31.9 Å². The SMILES string of the molecule is COc1ccc(N(C)c2cnc(SCc3c(F)cc(OC4CCS4(=O)=O)cc3F)n2-c2ccc(F)cc2)cc1OC. The molecule has 8 nitrogen and oxygen atoms in total. The Morgan fingerprint density at radius 3 is 2.27 bits per heavy atom. The van der Waals surface area contributed by atoms with Crippen molar-refractivity contribution in [2.75, 3.05) is 31.9 Å². The lowest BCUT2D eigenvalue weighted by molar-refractivity contribution is 0.248. The van der Waals surface area contributed by atoms with Crippen LogP contribution in [0.15, 0.2) is 66.0 Å². The van der Waals surface area contributed by atoms with E-state index in [4.69, 9.17) is 14.2 Å². The summed E-state index contributed by atoms with van der Waals surface area (Å²) in [6, 6.07) is 13.1. The highest BCUT2D eigenvalue weighted by Gasteiger charge is 2.38. The zero-order chi connectivity index (χ0) is 29.3. The van der Waals surface area contributed by atoms with Gasteiger partial charge in [-0.25, -0.2) is 26.6 Å². The minimum Gasteiger partial charge on any atom is -0.493 e. The van der Waals surface area contributed by atoms with Crippen molar-refractivity contribution in [1.82, 2.24) is 9.55 Å². The molecule has 1 atom stereocenters. The van der Waals surface area contributed by atoms with E-state index in [1.54, 1.807) is 42.1 Å². The number of thioether (sulfide) groups is 1. The molecule has 4 aromatic rings. The van der Waals surface area contributed by atoms with E-state index in [0.717, 1.165) is 29.6 Å². The molecule has 1 saturated heterocycles. The summed E-state index contributed by atoms with van der Waals surface area (Å²) in [4.78, 5) is 6.34. The zero-order valence-electron chi connectivity index (χ0n) is 22.3. The molecular weight excluding hydrogens is 579 g/mol. The highest BCUT2D eigenvalue weighted by atomic mass is 32.2. The fraction of sp³-hybridized carbons (Fsp3) is 0.250. The molecule has 0 N–H and O–H groups in total. The molecule has 0 saturated carbocycles. The van der Waals surface area contributed by atoms with Crippen LogP contribution in [0.5, 0.6) is 17.2 Å². The second-order valence-corrected chi connectivity index (χ2v) is 12.4. The molecule has 3 aromatic carbocycles. The van der Waals surface area contributed by atoms with Gasteiger partial charge in [-0.05, 0) is 36.4 Å². The summed E-state index contributed by atoms with van der Waals surface area (Å²) in [5.41, 5.74) is 0.0109. The van der Waals surface area contributed by atoms with Crippen LogP contribution in [0.3, 0.4) is 0 Å². The number of aromatic nitrogens is 2. The number of halogens is 3. The first-order valence-electron chi connectivity index (χ1n) is 12.4. The summed E-state index contributed by atoms with van der Waals surface area (Å²) in [5, 5.41) is 0.402. The van der Waals surface area contributed by atoms with Crippen molar-refractivity contribution in [3.63, 3.8) is 0 Å². The van der Waals surface area contributed by atoms with E-state index >= 15 is 0 Å². The maximum Gasteiger partial charge on any atom is 0.200 e. The molecule has 1 unspecified atom stereocenters. The Morgan fingerprint density at radius 2 is 1.68 bits per heavy atom. The van der Waals surface area contributed by atoms with Crippen LogP contribution in [0.25, 0.3) is 5.69 Å². The fourth-order valence-electron chi connectivity index (χ4n) is 4.28. The van der Waals surface area contributed by atoms with Crippen LogP contribution in [0.2, 0.25) is 0 Å². The normalized spacial score (nSPS) is 15.7. The molecule has 1 aliphatic heterocycles. The molecule has 216 valence electrons. The smallest absolute Gasteiger partial charge is 0.200 e. The van der Waals surface area contributed by atoms with Gasteiger partial charge < -0.3 is 19.1 Å². The lowest BCUT2D eigenvalue weighted by atomic mass is 10.2. The number of rotatable bonds is 10. The van der Waals surface area contributed by atoms with Crippen LogP contribution >= 0.6 is 11.8 Å². The van der Waals surface area contributed by atoms with Crippen molar-refractivity contribution < 1.29 is 35.8 Å². The number of ether oxygens (including phenoxy) is 3. The third-order valence-corrected chi connectivity index (χ3v) is 9.58. The lowest BCUT2D eigenvalue weighted by Gasteiger charge is -2.26. The summed E-state index contributed by atoms with van der Waals surface area (Å²) in [6.07, 6.45) is 1.88. The van der Waals surface area contributed by atoms with E-state index in [2.05, 4.69) is 4.98 Å². The van der Waals surface area contributed by atoms with Crippen molar-refractivity contribution in [2.24, 2.45) is 0 Å². The highest BCUT2D eigenvalue weighted by Crippen LogP contribution is 2.37. The molecular formula is C28H26F3N3O5S2. The first-order chi connectivity index (χ1) is 19.6. The van der Waals surface area contributed by atoms with Gasteiger partial charge in [-0.3, -0.25) is 4.57 Å². The van der Waals surface area contributed by atoms with Gasteiger partial charge in [0.2, 0.25) is 0 Å². The van der Waals surface area contributed by atoms with E-state index in [9.17, 15) is 21.6 Å². The average molecular weight is 606 g/mol. The maximum absolute atomic E-state index is 15.0. The number of anilines is 2. The van der Waals surface area contributed by atoms with Gasteiger partial charge in [-0.2, -0.15) is 0 Å². The van der Waals surface area contributed by atoms with Crippen LogP contribution < -0.4 is 19.1 Å². The summed E-state index contributed by atoms with van der Waals surface area (Å²) in [5.74, 6) is -0.808. The lowest BCUT2D eigenvalue weighted by Crippen LogP contribution is -2.40. The van der Waals surface area contributed by atoms with E-state index < -0.39 is 32.7 Å². The second kappa shape index (κ2) is 11.6. The van der Waals surface area contributed by atoms with Crippen LogP contribution in [-0.2, 0) is 15.6 Å². The Balaban J connectivity index is 1.44. The van der Waals surface area contributed by atoms with Gasteiger partial charge in [-0.1, -0.05) is 11.8 Å². The minimum absolute atomic E-state index is 0.0127. The first-order valence-corrected chi connectivity index (χ1v) is 15.1. The molecule has 0 bridgehead atoms. The van der Waals surface area contributed by atoms with Gasteiger partial charge in [0.1, 0.15) is 29.0 Å². The largest absolute Gasteiger partial charge is 0.493 e. The number of nitrogens with zero attached hydrogens (tertiary/aromatic N) is 3. The van der Waals surface area contributed by atoms with Gasteiger partial charge in [-0.15, -0.1) is 0 Å². The Hall–Kier alpha value is -3.84. The van der Waals surface area contributed by atoms with Gasteiger partial charge in [0.25, 0.3) is 0 Å². The third-order valence-electron chi connectivity index (χ3n) is 6.66. The van der Waals surface area contributed by atoms with E-state index in [1.807, 2.05) is 18.0 Å². The number of imidazole rings is 1. The van der Waals surface area contributed by atoms with E-state index in [-0.39, 0.29) is 29.2 Å². The predicted molar refractivity (Wildman–Crippen MR) is 150 cm³/mol. The van der Waals surface area contributed by atoms with Gasteiger partial charge in [0, 0.05) is 54.4 Å². The summed E-state index contributed by atoms with van der Waals surface area (Å²) in [6.45, 7) is 0. The Bertz CT molecular complexity index is 1660. The predicted octanol–water partition coefficient (Wildman–Crippen LogP) is 5.89. The molecule has 0 spiro atoms. The summed E-state index contributed by atoms with van der Waals surface area (Å²) in [7, 11) is 1.49. The van der Waals surface area contributed by atoms with Crippen LogP contribution in [0.4, 0.5) is 24.7 Å². The van der Waals surface area contributed by atoms with E-state index in [0.29, 0.717) is 28.2 Å². The van der Waals surface area contributed by atoms with Gasteiger partial charge >= 0.3 is 0 Å². The quantitative estimate of drug-likeness (QED) is 0.207. The number of methoxy groups -OCH3 is 2. The summed E-state index contributed by atoms with van der Waals surface area (Å²) >= 11 is 1.08. The van der Waals surface area contributed by atoms with Crippen molar-refractivity contribution >= 4 is 33.1 Å². The summed E-state index contributed by atoms with van der Waals surface area (Å²) < 4.78 is 84.9. The molecule has 1 fully saturated rings. The van der Waals surface area contributed by atoms with E-state index in [1.165, 1.54) is 19.2 Å². The highest BCUT2D eigenvalue weighted by molar-refractivity contribution is 7.98. The van der Waals surface area contributed by atoms with Crippen LogP contribution in [-0.4, -0.2) is 50.4 Å². The second-order valence-electron chi connectivity index (χ2n) is 9.17. The van der Waals surface area contributed by atoms with Crippen LogP contribution in [0, 0.1) is 17.5 Å². The molecule has 1 aromatic heterocycles. The number of hydrogen-bond acceptors (Lipinski definition) is 8. The Kier molecular flexibility index (Phi) is 8.09. The maximum atomic E-state index is 15.0. The number of hydrogen-bond donors (Lipinski definition) is 0. The molecule has 1 aliphatic rings. The molecule has 0 aliphatic carbocycles. The standard InChI is InChI=1S/C28H26F3N3O5S2/c1-33(19-8-9-24(37-2)25(12-19)38-3)26-15-32-28(34(26)18-6-4-17(29)5-7-18)40-16-21-22(30)13-20(14-23(21)31)39-27-10-11-41(27,35)36/h4-9,12-15,27H,10-11,16H2,1-3H3. The van der Waals surface area contributed by atoms with Crippen molar-refractivity contribution in [1.29, 1.82) is 0 Å². The van der Waals surface area contributed by atoms with Crippen molar-refractivity contribution in [3.05, 3.63) is 83.8 Å². The minimum atomic E-state index is -3.39. The monoisotopic (exact) mass is 605 g/mol. The number of benzene rings is 3. The molecule has 2 heterocycles. The topological polar surface area (TPSA) is 82.9 Å². The van der Waals surface area contributed by atoms with Gasteiger partial charge in [0.05, 0.1) is 26.2 Å². The number of sulfone groups is 1. The molecule has 5 rings (SSSR count). The molecule has 0 radical (unpaired) electrons. The van der Waals surface area contributed by atoms with Crippen LogP contribution in [0.1, 0.15) is 12.0 Å². The molecule has 0 amide bonds. The third kappa shape index (κ3) is 5.82. The molecule has 13 heteroatoms. The first kappa shape index (κ1) is 28.7. The Labute approximate surface area is 239 Å². The van der Waals surface area contributed by atoms with Crippen molar-refractivity contribution in [2.45, 2.75) is 22.8 Å².